The van der Waals surface area contributed by atoms with Crippen LogP contribution < -0.4 is 10.6 Å². The predicted molar refractivity (Wildman–Crippen MR) is 113 cm³/mol. The van der Waals surface area contributed by atoms with E-state index in [4.69, 9.17) is 0 Å². The van der Waals surface area contributed by atoms with Gasteiger partial charge in [-0.2, -0.15) is 0 Å². The molecule has 29 heavy (non-hydrogen) atoms. The molecule has 1 aromatic carbocycles. The Morgan fingerprint density at radius 3 is 2.59 bits per heavy atom. The molecule has 4 rings (SSSR count). The summed E-state index contributed by atoms with van der Waals surface area (Å²) < 4.78 is 0. The first-order chi connectivity index (χ1) is 13.9. The topological polar surface area (TPSA) is 71.1 Å². The molecule has 1 unspecified atom stereocenters. The Bertz CT molecular complexity index is 1020. The molecule has 5 nitrogen and oxygen atoms in total. The fraction of sp³-hybridized carbons (Fsp3) is 0.292. The zero-order valence-corrected chi connectivity index (χ0v) is 17.0. The minimum atomic E-state index is -0.382. The summed E-state index contributed by atoms with van der Waals surface area (Å²) in [5.74, 6) is -0.495. The molecule has 0 spiro atoms. The van der Waals surface area contributed by atoms with Crippen molar-refractivity contribution in [3.63, 3.8) is 0 Å². The van der Waals surface area contributed by atoms with Crippen molar-refractivity contribution in [1.29, 1.82) is 0 Å². The van der Waals surface area contributed by atoms with E-state index in [0.717, 1.165) is 29.0 Å². The maximum atomic E-state index is 13.3. The monoisotopic (exact) mass is 387 g/mol. The van der Waals surface area contributed by atoms with Crippen LogP contribution in [0.5, 0.6) is 0 Å². The zero-order valence-electron chi connectivity index (χ0n) is 17.0. The summed E-state index contributed by atoms with van der Waals surface area (Å²) in [7, 11) is 0. The summed E-state index contributed by atoms with van der Waals surface area (Å²) in [6.07, 6.45) is 4.54. The molecule has 1 aliphatic heterocycles. The van der Waals surface area contributed by atoms with Gasteiger partial charge in [0, 0.05) is 41.1 Å². The Balaban J connectivity index is 1.80. The van der Waals surface area contributed by atoms with Crippen LogP contribution in [0.1, 0.15) is 45.1 Å². The molecule has 2 aliphatic rings. The van der Waals surface area contributed by atoms with Gasteiger partial charge in [0.15, 0.2) is 5.78 Å². The molecule has 1 amide bonds. The van der Waals surface area contributed by atoms with Gasteiger partial charge in [-0.05, 0) is 36.5 Å². The maximum absolute atomic E-state index is 13.3. The lowest BCUT2D eigenvalue weighted by molar-refractivity contribution is -0.118. The number of carbonyl (C=O) groups excluding carboxylic acids is 2. The summed E-state index contributed by atoms with van der Waals surface area (Å²) in [5.41, 5.74) is 4.50. The quantitative estimate of drug-likeness (QED) is 0.823. The first kappa shape index (κ1) is 19.1. The Kier molecular flexibility index (Phi) is 4.82. The molecule has 2 heterocycles. The number of ketones is 1. The van der Waals surface area contributed by atoms with E-state index in [1.54, 1.807) is 24.5 Å². The van der Waals surface area contributed by atoms with Gasteiger partial charge < -0.3 is 10.6 Å². The Morgan fingerprint density at radius 2 is 1.90 bits per heavy atom. The van der Waals surface area contributed by atoms with E-state index in [1.165, 1.54) is 0 Å². The van der Waals surface area contributed by atoms with E-state index >= 15 is 0 Å². The number of nitrogens with zero attached hydrogens (tertiary/aromatic N) is 1. The third-order valence-electron chi connectivity index (χ3n) is 5.54. The molecule has 1 atom stereocenters. The van der Waals surface area contributed by atoms with Gasteiger partial charge in [-0.25, -0.2) is 0 Å². The number of pyridine rings is 1. The van der Waals surface area contributed by atoms with E-state index in [2.05, 4.69) is 29.5 Å². The third kappa shape index (κ3) is 3.73. The summed E-state index contributed by atoms with van der Waals surface area (Å²) in [4.78, 5) is 30.6. The number of dihydropyridines is 1. The first-order valence-electron chi connectivity index (χ1n) is 9.86. The second kappa shape index (κ2) is 7.32. The van der Waals surface area contributed by atoms with E-state index < -0.39 is 0 Å². The molecule has 2 aromatic rings. The number of benzene rings is 1. The third-order valence-corrected chi connectivity index (χ3v) is 5.54. The zero-order chi connectivity index (χ0) is 20.6. The number of anilines is 1. The maximum Gasteiger partial charge on any atom is 0.254 e. The highest BCUT2D eigenvalue weighted by molar-refractivity contribution is 6.09. The Hall–Kier alpha value is -3.21. The van der Waals surface area contributed by atoms with Gasteiger partial charge >= 0.3 is 0 Å². The molecule has 0 radical (unpaired) electrons. The van der Waals surface area contributed by atoms with Gasteiger partial charge in [0.2, 0.25) is 0 Å². The normalized spacial score (nSPS) is 20.8. The number of allylic oxidation sites excluding steroid dienone is 3. The van der Waals surface area contributed by atoms with E-state index in [1.807, 2.05) is 37.3 Å². The average Bonchev–Trinajstić information content (AvgIpc) is 2.67. The average molecular weight is 387 g/mol. The number of Topliss-reactive ketones (excluding diaryl/α,β-unsaturated/α-hetero) is 1. The number of carbonyl (C=O) groups is 2. The van der Waals surface area contributed by atoms with E-state index in [-0.39, 0.29) is 23.0 Å². The molecular formula is C24H25N3O2. The highest BCUT2D eigenvalue weighted by Gasteiger charge is 2.42. The van der Waals surface area contributed by atoms with Gasteiger partial charge in [-0.1, -0.05) is 44.2 Å². The number of aromatic nitrogens is 1. The molecule has 1 aromatic heterocycles. The van der Waals surface area contributed by atoms with E-state index in [9.17, 15) is 9.59 Å². The second-order valence-corrected chi connectivity index (χ2v) is 8.54. The Morgan fingerprint density at radius 1 is 1.14 bits per heavy atom. The highest BCUT2D eigenvalue weighted by atomic mass is 16.2. The van der Waals surface area contributed by atoms with Crippen molar-refractivity contribution >= 4 is 17.4 Å². The van der Waals surface area contributed by atoms with Gasteiger partial charge in [-0.15, -0.1) is 0 Å². The largest absolute Gasteiger partial charge is 0.362 e. The summed E-state index contributed by atoms with van der Waals surface area (Å²) >= 11 is 0. The lowest BCUT2D eigenvalue weighted by Crippen LogP contribution is -2.39. The van der Waals surface area contributed by atoms with Crippen LogP contribution in [0.25, 0.3) is 0 Å². The van der Waals surface area contributed by atoms with Crippen LogP contribution >= 0.6 is 0 Å². The van der Waals surface area contributed by atoms with Crippen LogP contribution in [0.15, 0.2) is 77.4 Å². The van der Waals surface area contributed by atoms with Gasteiger partial charge in [0.25, 0.3) is 5.91 Å². The molecule has 5 heteroatoms. The number of amides is 1. The van der Waals surface area contributed by atoms with Crippen molar-refractivity contribution in [1.82, 2.24) is 10.3 Å². The SMILES string of the molecule is CC1=C(C(=O)Nc2cccnc2)C(c2ccccc2)C2=C(CC(C)(C)CC2=O)N1. The van der Waals surface area contributed by atoms with E-state index in [0.29, 0.717) is 17.7 Å². The molecule has 0 bridgehead atoms. The number of hydrogen-bond acceptors (Lipinski definition) is 4. The molecule has 0 saturated heterocycles. The molecule has 1 aliphatic carbocycles. The molecule has 148 valence electrons. The Labute approximate surface area is 170 Å². The van der Waals surface area contributed by atoms with Gasteiger partial charge in [-0.3, -0.25) is 14.6 Å². The molecule has 0 saturated carbocycles. The second-order valence-electron chi connectivity index (χ2n) is 8.54. The summed E-state index contributed by atoms with van der Waals surface area (Å²) in [6.45, 7) is 6.12. The lowest BCUT2D eigenvalue weighted by atomic mass is 9.68. The fourth-order valence-electron chi connectivity index (χ4n) is 4.35. The van der Waals surface area contributed by atoms with Crippen LogP contribution in [0.2, 0.25) is 0 Å². The van der Waals surface area contributed by atoms with Crippen LogP contribution in [0.3, 0.4) is 0 Å². The van der Waals surface area contributed by atoms with Crippen molar-refractivity contribution < 1.29 is 9.59 Å². The molecule has 0 fully saturated rings. The van der Waals surface area contributed by atoms with Crippen molar-refractivity contribution in [2.75, 3.05) is 5.32 Å². The first-order valence-corrected chi connectivity index (χ1v) is 9.86. The highest BCUT2D eigenvalue weighted by Crippen LogP contribution is 2.46. The van der Waals surface area contributed by atoms with Crippen LogP contribution in [-0.4, -0.2) is 16.7 Å². The minimum Gasteiger partial charge on any atom is -0.362 e. The molecular weight excluding hydrogens is 362 g/mol. The lowest BCUT2D eigenvalue weighted by Gasteiger charge is -2.39. The van der Waals surface area contributed by atoms with Crippen LogP contribution in [-0.2, 0) is 9.59 Å². The van der Waals surface area contributed by atoms with Gasteiger partial charge in [0.1, 0.15) is 0 Å². The van der Waals surface area contributed by atoms with Crippen molar-refractivity contribution in [2.24, 2.45) is 5.41 Å². The minimum absolute atomic E-state index is 0.0973. The van der Waals surface area contributed by atoms with Gasteiger partial charge in [0.05, 0.1) is 11.9 Å². The van der Waals surface area contributed by atoms with Crippen molar-refractivity contribution in [3.05, 3.63) is 83.0 Å². The summed E-state index contributed by atoms with van der Waals surface area (Å²) in [6, 6.07) is 13.4. The van der Waals surface area contributed by atoms with Crippen LogP contribution in [0.4, 0.5) is 5.69 Å². The molecule has 2 N–H and O–H groups in total. The van der Waals surface area contributed by atoms with Crippen molar-refractivity contribution in [3.8, 4) is 0 Å². The number of rotatable bonds is 3. The van der Waals surface area contributed by atoms with Crippen molar-refractivity contribution in [2.45, 2.75) is 39.5 Å². The smallest absolute Gasteiger partial charge is 0.254 e. The summed E-state index contributed by atoms with van der Waals surface area (Å²) in [5, 5.41) is 6.32. The number of hydrogen-bond donors (Lipinski definition) is 2. The standard InChI is InChI=1S/C24H25N3O2/c1-15-20(23(29)27-17-10-7-11-25-14-17)21(16-8-5-4-6-9-16)22-18(26-15)12-24(2,3)13-19(22)28/h4-11,14,21,26H,12-13H2,1-3H3,(H,27,29). The predicted octanol–water partition coefficient (Wildman–Crippen LogP) is 4.32. The van der Waals surface area contributed by atoms with Crippen LogP contribution in [0, 0.1) is 5.41 Å². The number of nitrogens with one attached hydrogen (secondary N) is 2. The fourth-order valence-corrected chi connectivity index (χ4v) is 4.35.